The molecule has 1 aromatic carbocycles. The Morgan fingerprint density at radius 1 is 1.23 bits per heavy atom. The zero-order chi connectivity index (χ0) is 33.1. The van der Waals surface area contributed by atoms with E-state index in [1.165, 1.54) is 14.0 Å². The number of aliphatic hydroxyl groups is 1. The molecule has 44 heavy (non-hydrogen) atoms. The van der Waals surface area contributed by atoms with Crippen molar-refractivity contribution in [1.29, 1.82) is 0 Å². The van der Waals surface area contributed by atoms with Gasteiger partial charge in [0.15, 0.2) is 23.0 Å². The molecule has 0 saturated carbocycles. The molecule has 0 bridgehead atoms. The van der Waals surface area contributed by atoms with Crippen LogP contribution in [0.5, 0.6) is 11.5 Å². The lowest BCUT2D eigenvalue weighted by molar-refractivity contribution is -0.119. The minimum absolute atomic E-state index is 0.0584. The number of ketones is 1. The molecule has 1 aliphatic rings. The zero-order valence-electron chi connectivity index (χ0n) is 26.2. The van der Waals surface area contributed by atoms with Crippen molar-refractivity contribution in [2.75, 3.05) is 28.3 Å². The van der Waals surface area contributed by atoms with E-state index < -0.39 is 0 Å². The number of oxazole rings is 1. The number of aliphatic imine (C=N–C) groups is 1. The number of rotatable bonds is 11. The molecule has 0 spiro atoms. The maximum Gasteiger partial charge on any atom is 0.286 e. The largest absolute Gasteiger partial charge is 0.493 e. The number of aliphatic hydroxyl groups excluding tert-OH is 1. The van der Waals surface area contributed by atoms with Crippen LogP contribution >= 0.6 is 11.8 Å². The number of Topliss-reactive ketones (excluding diaryl/α,β-unsaturated/α-hetero) is 1. The number of nitrogens with zero attached hydrogens (tertiary/aromatic N) is 2. The summed E-state index contributed by atoms with van der Waals surface area (Å²) in [6.45, 7) is 5.40. The maximum absolute atomic E-state index is 11.6. The van der Waals surface area contributed by atoms with Crippen molar-refractivity contribution >= 4 is 34.9 Å². The molecule has 1 saturated heterocycles. The summed E-state index contributed by atoms with van der Waals surface area (Å²) >= 11 is 1.06. The number of thioether (sulfide) groups is 1. The summed E-state index contributed by atoms with van der Waals surface area (Å²) in [4.78, 5) is 41.7. The maximum atomic E-state index is 11.6. The average molecular weight is 631 g/mol. The van der Waals surface area contributed by atoms with Gasteiger partial charge in [-0.3, -0.25) is 24.7 Å². The highest BCUT2D eigenvalue weighted by molar-refractivity contribution is 8.15. The third-order valence-electron chi connectivity index (χ3n) is 5.90. The van der Waals surface area contributed by atoms with Gasteiger partial charge in [-0.2, -0.15) is 0 Å². The predicted molar refractivity (Wildman–Crippen MR) is 171 cm³/mol. The van der Waals surface area contributed by atoms with Crippen molar-refractivity contribution < 1.29 is 37.8 Å². The highest BCUT2D eigenvalue weighted by Gasteiger charge is 2.30. The lowest BCUT2D eigenvalue weighted by atomic mass is 10.1. The number of carbonyl (C=O) groups is 3. The van der Waals surface area contributed by atoms with Crippen molar-refractivity contribution in [3.63, 3.8) is 0 Å². The van der Waals surface area contributed by atoms with Crippen LogP contribution in [0.25, 0.3) is 11.7 Å². The van der Waals surface area contributed by atoms with Gasteiger partial charge in [0.25, 0.3) is 11.1 Å². The molecule has 1 fully saturated rings. The van der Waals surface area contributed by atoms with Gasteiger partial charge in [0.05, 0.1) is 18.6 Å². The summed E-state index contributed by atoms with van der Waals surface area (Å²) in [5.74, 6) is 2.72. The fourth-order valence-electron chi connectivity index (χ4n) is 3.78. The molecular formula is C31H42N4O8S. The number of amides is 2. The first kappa shape index (κ1) is 37.8. The third-order valence-corrected chi connectivity index (χ3v) is 6.95. The lowest BCUT2D eigenvalue weighted by Gasteiger charge is -2.12. The first-order valence-electron chi connectivity index (χ1n) is 13.7. The minimum Gasteiger partial charge on any atom is -0.493 e. The molecule has 4 N–H and O–H groups in total. The zero-order valence-corrected chi connectivity index (χ0v) is 27.0. The Morgan fingerprint density at radius 2 is 1.95 bits per heavy atom. The van der Waals surface area contributed by atoms with Gasteiger partial charge >= 0.3 is 0 Å². The van der Waals surface area contributed by atoms with Gasteiger partial charge < -0.3 is 29.1 Å². The molecule has 3 heterocycles. The van der Waals surface area contributed by atoms with Crippen LogP contribution in [-0.4, -0.2) is 66.8 Å². The van der Waals surface area contributed by atoms with Gasteiger partial charge in [-0.05, 0) is 76.9 Å². The average Bonchev–Trinajstić information content (AvgIpc) is 3.77. The summed E-state index contributed by atoms with van der Waals surface area (Å²) in [7, 11) is 5.74. The minimum atomic E-state index is -0.297. The standard InChI is InChI=1S/C22H22N2O6S.C7H11NO.CH5N.CH4O/c1-13-15(23-21(30-13)17-6-4-10-28-17)12-29-16-9-8-14(11-18(16)27-2)5-3-7-19-20(25)24-22(26)31-19;1-4-7(5-8-3)6(2)9;2*1-2/h4,6,8-11,19H,3,5,7,12H2,1-2H3,(H,24,25,26);4-5H,1-3H3;2H2,1H3;2H,1H3/b;7-4-,8-5?;;. The molecular weight excluding hydrogens is 588 g/mol. The quantitative estimate of drug-likeness (QED) is 0.193. The van der Waals surface area contributed by atoms with Crippen LogP contribution in [0.2, 0.25) is 0 Å². The lowest BCUT2D eigenvalue weighted by Crippen LogP contribution is -2.24. The molecule has 0 radical (unpaired) electrons. The first-order chi connectivity index (χ1) is 21.2. The van der Waals surface area contributed by atoms with E-state index in [-0.39, 0.29) is 28.8 Å². The van der Waals surface area contributed by atoms with E-state index in [0.29, 0.717) is 46.6 Å². The van der Waals surface area contributed by atoms with Crippen LogP contribution in [0.3, 0.4) is 0 Å². The van der Waals surface area contributed by atoms with E-state index in [9.17, 15) is 14.4 Å². The third kappa shape index (κ3) is 11.8. The van der Waals surface area contributed by atoms with Crippen LogP contribution < -0.4 is 20.5 Å². The fourth-order valence-corrected chi connectivity index (χ4v) is 4.65. The molecule has 1 atom stereocenters. The number of methoxy groups -OCH3 is 1. The van der Waals surface area contributed by atoms with Crippen LogP contribution in [0.1, 0.15) is 43.7 Å². The predicted octanol–water partition coefficient (Wildman–Crippen LogP) is 4.91. The number of ether oxygens (including phenoxy) is 2. The number of benzene rings is 1. The van der Waals surface area contributed by atoms with Crippen LogP contribution in [0.15, 0.2) is 62.1 Å². The summed E-state index contributed by atoms with van der Waals surface area (Å²) < 4.78 is 22.4. The highest BCUT2D eigenvalue weighted by Crippen LogP contribution is 2.31. The normalized spacial score (nSPS) is 14.0. The summed E-state index contributed by atoms with van der Waals surface area (Å²) in [6.07, 6.45) is 7.07. The monoisotopic (exact) mass is 630 g/mol. The highest BCUT2D eigenvalue weighted by atomic mass is 32.2. The van der Waals surface area contributed by atoms with Gasteiger partial charge in [0, 0.05) is 25.9 Å². The van der Waals surface area contributed by atoms with Crippen molar-refractivity contribution in [3.8, 4) is 23.1 Å². The van der Waals surface area contributed by atoms with Crippen molar-refractivity contribution in [3.05, 3.63) is 65.3 Å². The molecule has 3 aromatic rings. The molecule has 1 aliphatic heterocycles. The number of carbonyl (C=O) groups excluding carboxylic acids is 3. The van der Waals surface area contributed by atoms with Crippen molar-refractivity contribution in [2.45, 2.75) is 51.9 Å². The Morgan fingerprint density at radius 3 is 2.48 bits per heavy atom. The Bertz CT molecular complexity index is 1380. The Kier molecular flexibility index (Phi) is 17.8. The van der Waals surface area contributed by atoms with Gasteiger partial charge in [0.1, 0.15) is 18.1 Å². The molecule has 2 amide bonds. The number of allylic oxidation sites excluding steroid dienone is 2. The molecule has 240 valence electrons. The second kappa shape index (κ2) is 20.7. The van der Waals surface area contributed by atoms with Crippen LogP contribution in [0, 0.1) is 6.92 Å². The number of aryl methyl sites for hydroxylation is 2. The van der Waals surface area contributed by atoms with Gasteiger partial charge in [0.2, 0.25) is 5.91 Å². The molecule has 12 nitrogen and oxygen atoms in total. The first-order valence-corrected chi connectivity index (χ1v) is 14.6. The van der Waals surface area contributed by atoms with E-state index in [1.807, 2.05) is 32.0 Å². The number of hydrogen-bond donors (Lipinski definition) is 3. The SMILES string of the molecule is C/C=C(/C=NC)C(C)=O.CN.CO.COc1cc(CCCC2SC(=O)NC2=O)ccc1OCc1nc(-c2ccco2)oc1C. The molecule has 0 aliphatic carbocycles. The van der Waals surface area contributed by atoms with Gasteiger partial charge in [-0.1, -0.05) is 23.9 Å². The summed E-state index contributed by atoms with van der Waals surface area (Å²) in [6, 6.07) is 9.31. The molecule has 13 heteroatoms. The number of hydrogen-bond acceptors (Lipinski definition) is 12. The van der Waals surface area contributed by atoms with Crippen LogP contribution in [-0.2, 0) is 22.6 Å². The Balaban J connectivity index is 0.000000636. The van der Waals surface area contributed by atoms with E-state index in [2.05, 4.69) is 21.0 Å². The number of imide groups is 1. The molecule has 2 aromatic heterocycles. The van der Waals surface area contributed by atoms with E-state index in [1.54, 1.807) is 44.8 Å². The van der Waals surface area contributed by atoms with Gasteiger partial charge in [-0.25, -0.2) is 4.98 Å². The Labute approximate surface area is 262 Å². The number of aromatic nitrogens is 1. The second-order valence-corrected chi connectivity index (χ2v) is 9.91. The second-order valence-electron chi connectivity index (χ2n) is 8.74. The molecule has 1 unspecified atom stereocenters. The topological polar surface area (TPSA) is 179 Å². The van der Waals surface area contributed by atoms with Gasteiger partial charge in [-0.15, -0.1) is 0 Å². The van der Waals surface area contributed by atoms with Crippen LogP contribution in [0.4, 0.5) is 4.79 Å². The summed E-state index contributed by atoms with van der Waals surface area (Å²) in [5, 5.41) is 8.75. The number of furan rings is 1. The van der Waals surface area contributed by atoms with E-state index >= 15 is 0 Å². The smallest absolute Gasteiger partial charge is 0.286 e. The van der Waals surface area contributed by atoms with Crippen molar-refractivity contribution in [2.24, 2.45) is 10.7 Å². The number of nitrogens with two attached hydrogens (primary N) is 1. The number of nitrogens with one attached hydrogen (secondary N) is 1. The van der Waals surface area contributed by atoms with E-state index in [0.717, 1.165) is 37.3 Å². The molecule has 4 rings (SSSR count). The summed E-state index contributed by atoms with van der Waals surface area (Å²) in [5.41, 5.74) is 6.91. The Hall–Kier alpha value is -4.20. The van der Waals surface area contributed by atoms with Crippen molar-refractivity contribution in [1.82, 2.24) is 10.3 Å². The fraction of sp³-hybridized carbons (Fsp3) is 0.387. The van der Waals surface area contributed by atoms with E-state index in [4.69, 9.17) is 23.4 Å².